The molecule has 0 saturated heterocycles. The molecule has 0 aliphatic heterocycles. The molecule has 5 heteroatoms. The number of hydrogen-bond acceptors (Lipinski definition) is 3. The molecule has 2 N–H and O–H groups in total. The van der Waals surface area contributed by atoms with Gasteiger partial charge in [-0.15, -0.1) is 12.4 Å². The Hall–Kier alpha value is -1.16. The fourth-order valence-electron chi connectivity index (χ4n) is 0.436. The lowest BCUT2D eigenvalue weighted by molar-refractivity contribution is 0.0995. The molecule has 0 saturated carbocycles. The minimum atomic E-state index is -0.530. The van der Waals surface area contributed by atoms with E-state index in [-0.39, 0.29) is 18.1 Å². The summed E-state index contributed by atoms with van der Waals surface area (Å²) in [5.74, 6) is -0.530. The molecule has 0 aliphatic carbocycles. The van der Waals surface area contributed by atoms with Crippen molar-refractivity contribution in [2.24, 2.45) is 5.73 Å². The van der Waals surface area contributed by atoms with Crippen molar-refractivity contribution in [2.75, 3.05) is 0 Å². The van der Waals surface area contributed by atoms with E-state index < -0.39 is 5.91 Å². The quantitative estimate of drug-likeness (QED) is 0.627. The smallest absolute Gasteiger partial charge is 0.267 e. The second-order valence-electron chi connectivity index (χ2n) is 1.46. The third-order valence-electron chi connectivity index (χ3n) is 0.834. The van der Waals surface area contributed by atoms with Crippen molar-refractivity contribution in [1.29, 1.82) is 0 Å². The minimum Gasteiger partial charge on any atom is -0.364 e. The summed E-state index contributed by atoms with van der Waals surface area (Å²) in [6.07, 6.45) is 2.74. The van der Waals surface area contributed by atoms with E-state index >= 15 is 0 Å². The number of nitrogens with two attached hydrogens (primary N) is 1. The molecule has 4 nitrogen and oxygen atoms in total. The number of amides is 1. The monoisotopic (exact) mass is 159 g/mol. The molecule has 1 rings (SSSR count). The predicted octanol–water partition coefficient (Wildman–Crippen LogP) is -0.00270. The van der Waals surface area contributed by atoms with Crippen molar-refractivity contribution >= 4 is 18.3 Å². The zero-order valence-corrected chi connectivity index (χ0v) is 5.84. The molecule has 0 atom stereocenters. The number of primary amides is 1. The number of carbonyl (C=O) groups excluding carboxylic acids is 1. The van der Waals surface area contributed by atoms with Gasteiger partial charge < -0.3 is 5.73 Å². The zero-order valence-electron chi connectivity index (χ0n) is 5.02. The van der Waals surface area contributed by atoms with Gasteiger partial charge in [0.2, 0.25) is 0 Å². The van der Waals surface area contributed by atoms with E-state index in [1.165, 1.54) is 18.6 Å². The lowest BCUT2D eigenvalue weighted by atomic mass is 10.4. The third-order valence-corrected chi connectivity index (χ3v) is 0.834. The highest BCUT2D eigenvalue weighted by atomic mass is 35.5. The molecule has 0 fully saturated rings. The van der Waals surface area contributed by atoms with Crippen LogP contribution in [0.2, 0.25) is 0 Å². The van der Waals surface area contributed by atoms with Crippen LogP contribution in [0.15, 0.2) is 18.6 Å². The van der Waals surface area contributed by atoms with Crippen molar-refractivity contribution in [3.8, 4) is 0 Å². The molecular weight excluding hydrogens is 154 g/mol. The standard InChI is InChI=1S/C5H5N3O.ClH/c6-5(9)4-1-2-7-3-8-4;/h1-3H,(H2,6,9);1H. The highest BCUT2D eigenvalue weighted by molar-refractivity contribution is 5.90. The Balaban J connectivity index is 0.000000810. The second kappa shape index (κ2) is 3.79. The van der Waals surface area contributed by atoms with Crippen molar-refractivity contribution in [3.05, 3.63) is 24.3 Å². The SMILES string of the molecule is Cl.NC(=O)c1ccncn1. The van der Waals surface area contributed by atoms with E-state index in [0.717, 1.165) is 0 Å². The van der Waals surface area contributed by atoms with Crippen LogP contribution in [0.5, 0.6) is 0 Å². The Morgan fingerprint density at radius 1 is 1.60 bits per heavy atom. The van der Waals surface area contributed by atoms with E-state index in [9.17, 15) is 4.79 Å². The van der Waals surface area contributed by atoms with Crippen molar-refractivity contribution < 1.29 is 4.79 Å². The number of hydrogen-bond donors (Lipinski definition) is 1. The van der Waals surface area contributed by atoms with Crippen molar-refractivity contribution in [3.63, 3.8) is 0 Å². The summed E-state index contributed by atoms with van der Waals surface area (Å²) in [5.41, 5.74) is 5.13. The Labute approximate surface area is 63.9 Å². The van der Waals surface area contributed by atoms with Crippen LogP contribution in [0.4, 0.5) is 0 Å². The summed E-state index contributed by atoms with van der Waals surface area (Å²) in [6.45, 7) is 0. The minimum absolute atomic E-state index is 0. The molecule has 0 aromatic carbocycles. The van der Waals surface area contributed by atoms with E-state index in [2.05, 4.69) is 9.97 Å². The molecule has 0 spiro atoms. The molecule has 54 valence electrons. The number of aromatic nitrogens is 2. The highest BCUT2D eigenvalue weighted by Crippen LogP contribution is 1.85. The van der Waals surface area contributed by atoms with Gasteiger partial charge in [0, 0.05) is 6.20 Å². The first-order valence-electron chi connectivity index (χ1n) is 2.36. The summed E-state index contributed by atoms with van der Waals surface area (Å²) >= 11 is 0. The summed E-state index contributed by atoms with van der Waals surface area (Å²) in [5, 5.41) is 0. The molecule has 1 amide bonds. The van der Waals surface area contributed by atoms with Gasteiger partial charge in [0.1, 0.15) is 12.0 Å². The summed E-state index contributed by atoms with van der Waals surface area (Å²) < 4.78 is 0. The lowest BCUT2D eigenvalue weighted by Crippen LogP contribution is -2.12. The summed E-state index contributed by atoms with van der Waals surface area (Å²) in [6, 6.07) is 1.46. The van der Waals surface area contributed by atoms with Gasteiger partial charge in [0.05, 0.1) is 0 Å². The number of carbonyl (C=O) groups is 1. The Morgan fingerprint density at radius 3 is 2.60 bits per heavy atom. The van der Waals surface area contributed by atoms with Gasteiger partial charge in [-0.3, -0.25) is 4.79 Å². The predicted molar refractivity (Wildman–Crippen MR) is 37.8 cm³/mol. The lowest BCUT2D eigenvalue weighted by Gasteiger charge is -1.87. The van der Waals surface area contributed by atoms with Crippen molar-refractivity contribution in [2.45, 2.75) is 0 Å². The third kappa shape index (κ3) is 1.99. The first-order chi connectivity index (χ1) is 4.30. The van der Waals surface area contributed by atoms with Gasteiger partial charge in [0.15, 0.2) is 0 Å². The van der Waals surface area contributed by atoms with Gasteiger partial charge in [-0.1, -0.05) is 0 Å². The van der Waals surface area contributed by atoms with E-state index in [1.54, 1.807) is 0 Å². The fourth-order valence-corrected chi connectivity index (χ4v) is 0.436. The first kappa shape index (κ1) is 8.84. The Morgan fingerprint density at radius 2 is 2.30 bits per heavy atom. The van der Waals surface area contributed by atoms with E-state index in [1.807, 2.05) is 0 Å². The first-order valence-corrected chi connectivity index (χ1v) is 2.36. The normalized spacial score (nSPS) is 8.00. The summed E-state index contributed by atoms with van der Waals surface area (Å²) in [7, 11) is 0. The number of halogens is 1. The number of rotatable bonds is 1. The molecule has 0 aliphatic rings. The highest BCUT2D eigenvalue weighted by Gasteiger charge is 1.96. The van der Waals surface area contributed by atoms with Crippen LogP contribution < -0.4 is 5.73 Å². The van der Waals surface area contributed by atoms with Crippen LogP contribution in [-0.4, -0.2) is 15.9 Å². The second-order valence-corrected chi connectivity index (χ2v) is 1.46. The molecule has 1 heterocycles. The molecular formula is C5H6ClN3O. The van der Waals surface area contributed by atoms with Gasteiger partial charge >= 0.3 is 0 Å². The average Bonchev–Trinajstić information content (AvgIpc) is 1.90. The molecule has 0 radical (unpaired) electrons. The van der Waals surface area contributed by atoms with E-state index in [4.69, 9.17) is 5.73 Å². The van der Waals surface area contributed by atoms with Crippen LogP contribution in [0, 0.1) is 0 Å². The van der Waals surface area contributed by atoms with Crippen LogP contribution >= 0.6 is 12.4 Å². The van der Waals surface area contributed by atoms with E-state index in [0.29, 0.717) is 0 Å². The van der Waals surface area contributed by atoms with Crippen LogP contribution in [0.1, 0.15) is 10.5 Å². The largest absolute Gasteiger partial charge is 0.364 e. The van der Waals surface area contributed by atoms with Gasteiger partial charge in [-0.2, -0.15) is 0 Å². The molecule has 10 heavy (non-hydrogen) atoms. The van der Waals surface area contributed by atoms with Gasteiger partial charge in [-0.25, -0.2) is 9.97 Å². The molecule has 1 aromatic heterocycles. The summed E-state index contributed by atoms with van der Waals surface area (Å²) in [4.78, 5) is 17.5. The van der Waals surface area contributed by atoms with Crippen LogP contribution in [-0.2, 0) is 0 Å². The molecule has 0 unspecified atom stereocenters. The van der Waals surface area contributed by atoms with Crippen molar-refractivity contribution in [1.82, 2.24) is 9.97 Å². The maximum Gasteiger partial charge on any atom is 0.267 e. The Kier molecular flexibility index (Phi) is 3.35. The maximum atomic E-state index is 10.3. The van der Waals surface area contributed by atoms with Gasteiger partial charge in [0.25, 0.3) is 5.91 Å². The fraction of sp³-hybridized carbons (Fsp3) is 0. The molecule has 1 aromatic rings. The molecule has 0 bridgehead atoms. The number of nitrogens with zero attached hydrogens (tertiary/aromatic N) is 2. The maximum absolute atomic E-state index is 10.3. The Bertz CT molecular complexity index is 213. The van der Waals surface area contributed by atoms with Crippen LogP contribution in [0.25, 0.3) is 0 Å². The average molecular weight is 160 g/mol. The zero-order chi connectivity index (χ0) is 6.69. The topological polar surface area (TPSA) is 68.9 Å². The van der Waals surface area contributed by atoms with Crippen LogP contribution in [0.3, 0.4) is 0 Å². The van der Waals surface area contributed by atoms with Gasteiger partial charge in [-0.05, 0) is 6.07 Å².